The molecule has 0 spiro atoms. The van der Waals surface area contributed by atoms with E-state index in [1.807, 2.05) is 0 Å². The molecule has 2 aromatic rings. The number of aromatic nitrogens is 1. The Bertz CT molecular complexity index is 795. The van der Waals surface area contributed by atoms with Crippen molar-refractivity contribution in [2.24, 2.45) is 5.92 Å². The lowest BCUT2D eigenvalue weighted by molar-refractivity contribution is 0.292. The summed E-state index contributed by atoms with van der Waals surface area (Å²) in [7, 11) is 0. The first kappa shape index (κ1) is 19.3. The number of ether oxygens (including phenoxy) is 1. The second kappa shape index (κ2) is 8.97. The average Bonchev–Trinajstić information content (AvgIpc) is 3.47. The van der Waals surface area contributed by atoms with Gasteiger partial charge in [0.25, 0.3) is 0 Å². The highest BCUT2D eigenvalue weighted by Gasteiger charge is 2.41. The molecule has 2 atom stereocenters. The van der Waals surface area contributed by atoms with Gasteiger partial charge in [-0.25, -0.2) is 9.37 Å². The third-order valence-corrected chi connectivity index (χ3v) is 5.81. The van der Waals surface area contributed by atoms with Crippen LogP contribution in [0.25, 0.3) is 0 Å². The third kappa shape index (κ3) is 4.67. The second-order valence-electron chi connectivity index (χ2n) is 7.78. The van der Waals surface area contributed by atoms with E-state index in [2.05, 4.69) is 15.6 Å². The average molecular weight is 387 g/mol. The van der Waals surface area contributed by atoms with Crippen molar-refractivity contribution in [3.8, 4) is 5.75 Å². The predicted octanol–water partition coefficient (Wildman–Crippen LogP) is 3.77. The lowest BCUT2D eigenvalue weighted by Crippen LogP contribution is -2.30. The van der Waals surface area contributed by atoms with Crippen molar-refractivity contribution in [1.82, 2.24) is 15.6 Å². The molecular weight excluding hydrogens is 360 g/mol. The minimum absolute atomic E-state index is 0.0384. The van der Waals surface area contributed by atoms with Gasteiger partial charge in [-0.2, -0.15) is 4.39 Å². The van der Waals surface area contributed by atoms with Gasteiger partial charge in [0.05, 0.1) is 0 Å². The van der Waals surface area contributed by atoms with Gasteiger partial charge in [-0.15, -0.1) is 0 Å². The van der Waals surface area contributed by atoms with Crippen molar-refractivity contribution in [2.45, 2.75) is 44.2 Å². The van der Waals surface area contributed by atoms with Crippen LogP contribution in [0.1, 0.15) is 42.7 Å². The molecule has 150 valence electrons. The van der Waals surface area contributed by atoms with Gasteiger partial charge in [-0.3, -0.25) is 0 Å². The van der Waals surface area contributed by atoms with Crippen LogP contribution in [0.5, 0.6) is 5.75 Å². The van der Waals surface area contributed by atoms with Crippen molar-refractivity contribution in [2.75, 3.05) is 19.6 Å². The fourth-order valence-electron chi connectivity index (χ4n) is 4.07. The van der Waals surface area contributed by atoms with Crippen LogP contribution in [0, 0.1) is 17.7 Å². The van der Waals surface area contributed by atoms with Gasteiger partial charge in [-0.1, -0.05) is 6.07 Å². The zero-order chi connectivity index (χ0) is 19.3. The maximum atomic E-state index is 14.5. The molecule has 4 rings (SSSR count). The van der Waals surface area contributed by atoms with Crippen LogP contribution in [0.2, 0.25) is 0 Å². The molecule has 2 unspecified atom stereocenters. The van der Waals surface area contributed by atoms with Crippen molar-refractivity contribution < 1.29 is 13.5 Å². The van der Waals surface area contributed by atoms with Crippen molar-refractivity contribution >= 4 is 0 Å². The van der Waals surface area contributed by atoms with E-state index in [4.69, 9.17) is 4.74 Å². The van der Waals surface area contributed by atoms with Gasteiger partial charge in [0.2, 0.25) is 5.95 Å². The molecular formula is C22H27F2N3O. The lowest BCUT2D eigenvalue weighted by atomic mass is 9.95. The molecule has 2 aliphatic rings. The van der Waals surface area contributed by atoms with Gasteiger partial charge in [0.1, 0.15) is 18.2 Å². The molecule has 1 aromatic carbocycles. The van der Waals surface area contributed by atoms with Crippen LogP contribution < -0.4 is 15.4 Å². The molecule has 0 bridgehead atoms. The quantitative estimate of drug-likeness (QED) is 0.677. The largest absolute Gasteiger partial charge is 0.488 e. The van der Waals surface area contributed by atoms with Crippen LogP contribution in [-0.2, 0) is 6.61 Å². The molecule has 28 heavy (non-hydrogen) atoms. The molecule has 1 aliphatic carbocycles. The Morgan fingerprint density at radius 1 is 1.14 bits per heavy atom. The van der Waals surface area contributed by atoms with Crippen LogP contribution in [0.15, 0.2) is 36.5 Å². The molecule has 2 heterocycles. The van der Waals surface area contributed by atoms with E-state index in [0.29, 0.717) is 16.9 Å². The standard InChI is InChI=1S/C22H27F2N3O/c23-18-4-1-5-20(28-14-16-3-2-9-27-22(16)24)21(18)17-13-19(17)26-12-8-15-6-10-25-11-7-15/h1-5,9,15,17,19,25-26H,6-8,10-14H2. The molecule has 6 heteroatoms. The van der Waals surface area contributed by atoms with E-state index in [1.165, 1.54) is 31.5 Å². The lowest BCUT2D eigenvalue weighted by Gasteiger charge is -2.22. The predicted molar refractivity (Wildman–Crippen MR) is 104 cm³/mol. The number of halogens is 2. The van der Waals surface area contributed by atoms with E-state index < -0.39 is 5.95 Å². The first-order valence-corrected chi connectivity index (χ1v) is 10.2. The Hall–Kier alpha value is -2.05. The first-order valence-electron chi connectivity index (χ1n) is 10.2. The van der Waals surface area contributed by atoms with E-state index in [-0.39, 0.29) is 24.4 Å². The Balaban J connectivity index is 1.33. The highest BCUT2D eigenvalue weighted by molar-refractivity contribution is 5.42. The van der Waals surface area contributed by atoms with Gasteiger partial charge in [0.15, 0.2) is 0 Å². The monoisotopic (exact) mass is 387 g/mol. The summed E-state index contributed by atoms with van der Waals surface area (Å²) >= 11 is 0. The molecule has 1 aromatic heterocycles. The SMILES string of the molecule is Fc1cccc(OCc2cccnc2F)c1C1CC1NCCC1CCNCC1. The topological polar surface area (TPSA) is 46.2 Å². The van der Waals surface area contributed by atoms with Crippen LogP contribution in [0.4, 0.5) is 8.78 Å². The molecule has 1 saturated heterocycles. The summed E-state index contributed by atoms with van der Waals surface area (Å²) in [5.74, 6) is 0.590. The van der Waals surface area contributed by atoms with Gasteiger partial charge in [-0.05, 0) is 75.5 Å². The van der Waals surface area contributed by atoms with Crippen molar-refractivity contribution in [3.63, 3.8) is 0 Å². The number of nitrogens with zero attached hydrogens (tertiary/aromatic N) is 1. The summed E-state index contributed by atoms with van der Waals surface area (Å²) in [6, 6.07) is 8.45. The van der Waals surface area contributed by atoms with Gasteiger partial charge in [0, 0.05) is 29.3 Å². The number of pyridine rings is 1. The fraction of sp³-hybridized carbons (Fsp3) is 0.500. The maximum Gasteiger partial charge on any atom is 0.219 e. The Labute approximate surface area is 164 Å². The number of hydrogen-bond acceptors (Lipinski definition) is 4. The first-order chi connectivity index (χ1) is 13.7. The molecule has 2 fully saturated rings. The fourth-order valence-corrected chi connectivity index (χ4v) is 4.07. The second-order valence-corrected chi connectivity index (χ2v) is 7.78. The number of benzene rings is 1. The van der Waals surface area contributed by atoms with Crippen LogP contribution >= 0.6 is 0 Å². The molecule has 0 amide bonds. The molecule has 1 saturated carbocycles. The maximum absolute atomic E-state index is 14.5. The molecule has 1 aliphatic heterocycles. The van der Waals surface area contributed by atoms with Crippen LogP contribution in [0.3, 0.4) is 0 Å². The van der Waals surface area contributed by atoms with E-state index in [9.17, 15) is 8.78 Å². The third-order valence-electron chi connectivity index (χ3n) is 5.81. The highest BCUT2D eigenvalue weighted by Crippen LogP contribution is 2.46. The number of rotatable bonds is 8. The van der Waals surface area contributed by atoms with E-state index in [1.54, 1.807) is 24.3 Å². The van der Waals surface area contributed by atoms with Crippen molar-refractivity contribution in [1.29, 1.82) is 0 Å². The minimum atomic E-state index is -0.552. The van der Waals surface area contributed by atoms with Gasteiger partial charge < -0.3 is 15.4 Å². The van der Waals surface area contributed by atoms with Crippen LogP contribution in [-0.4, -0.2) is 30.7 Å². The molecule has 4 nitrogen and oxygen atoms in total. The van der Waals surface area contributed by atoms with Crippen molar-refractivity contribution in [3.05, 3.63) is 59.4 Å². The normalized spacial score (nSPS) is 22.2. The Morgan fingerprint density at radius 2 is 2.00 bits per heavy atom. The minimum Gasteiger partial charge on any atom is -0.488 e. The summed E-state index contributed by atoms with van der Waals surface area (Å²) in [6.45, 7) is 3.24. The molecule has 2 N–H and O–H groups in total. The van der Waals surface area contributed by atoms with E-state index in [0.717, 1.165) is 32.0 Å². The molecule has 0 radical (unpaired) electrons. The number of hydrogen-bond donors (Lipinski definition) is 2. The zero-order valence-corrected chi connectivity index (χ0v) is 16.0. The smallest absolute Gasteiger partial charge is 0.219 e. The number of piperidine rings is 1. The summed E-state index contributed by atoms with van der Waals surface area (Å²) in [5, 5.41) is 6.97. The summed E-state index contributed by atoms with van der Waals surface area (Å²) < 4.78 is 34.0. The highest BCUT2D eigenvalue weighted by atomic mass is 19.1. The summed E-state index contributed by atoms with van der Waals surface area (Å²) in [5.41, 5.74) is 0.969. The van der Waals surface area contributed by atoms with E-state index >= 15 is 0 Å². The Morgan fingerprint density at radius 3 is 2.82 bits per heavy atom. The van der Waals surface area contributed by atoms with Gasteiger partial charge >= 0.3 is 0 Å². The summed E-state index contributed by atoms with van der Waals surface area (Å²) in [6.07, 6.45) is 5.96. The summed E-state index contributed by atoms with van der Waals surface area (Å²) in [4.78, 5) is 3.63. The Kier molecular flexibility index (Phi) is 6.17. The number of nitrogens with one attached hydrogen (secondary N) is 2. The zero-order valence-electron chi connectivity index (χ0n) is 16.0.